The van der Waals surface area contributed by atoms with Crippen LogP contribution in [0.1, 0.15) is 53.0 Å². The van der Waals surface area contributed by atoms with Crippen molar-refractivity contribution in [1.29, 1.82) is 0 Å². The van der Waals surface area contributed by atoms with Crippen LogP contribution in [0.4, 0.5) is 0 Å². The highest BCUT2D eigenvalue weighted by Gasteiger charge is 2.28. The van der Waals surface area contributed by atoms with Gasteiger partial charge in [-0.3, -0.25) is 9.48 Å². The van der Waals surface area contributed by atoms with E-state index < -0.39 is 0 Å². The third-order valence-electron chi connectivity index (χ3n) is 4.33. The molecule has 0 aromatic carbocycles. The fraction of sp³-hybridized carbons (Fsp3) is 0.588. The van der Waals surface area contributed by atoms with Crippen LogP contribution in [0, 0.1) is 5.92 Å². The quantitative estimate of drug-likeness (QED) is 0.864. The maximum Gasteiger partial charge on any atom is 0.265 e. The van der Waals surface area contributed by atoms with E-state index in [1.54, 1.807) is 17.5 Å². The van der Waals surface area contributed by atoms with Gasteiger partial charge in [0.15, 0.2) is 0 Å². The smallest absolute Gasteiger partial charge is 0.265 e. The van der Waals surface area contributed by atoms with Gasteiger partial charge in [0.25, 0.3) is 5.91 Å². The summed E-state index contributed by atoms with van der Waals surface area (Å²) in [5.74, 6) is 1.07. The molecule has 0 spiro atoms. The molecule has 1 unspecified atom stereocenters. The molecule has 1 aliphatic rings. The Morgan fingerprint density at radius 1 is 1.48 bits per heavy atom. The summed E-state index contributed by atoms with van der Waals surface area (Å²) in [5.41, 5.74) is 1.22. The number of aromatic nitrogens is 3. The molecule has 5 nitrogen and oxygen atoms in total. The number of hydrogen-bond donors (Lipinski definition) is 0. The van der Waals surface area contributed by atoms with E-state index in [1.807, 2.05) is 22.8 Å². The number of piperidine rings is 1. The van der Waals surface area contributed by atoms with Crippen LogP contribution < -0.4 is 0 Å². The van der Waals surface area contributed by atoms with Crippen LogP contribution in [-0.4, -0.2) is 38.7 Å². The Labute approximate surface area is 141 Å². The molecule has 3 rings (SSSR count). The van der Waals surface area contributed by atoms with Gasteiger partial charge < -0.3 is 4.90 Å². The van der Waals surface area contributed by atoms with Gasteiger partial charge in [-0.15, -0.1) is 11.3 Å². The van der Waals surface area contributed by atoms with Gasteiger partial charge in [-0.25, -0.2) is 4.98 Å². The lowest BCUT2D eigenvalue weighted by Crippen LogP contribution is -2.39. The van der Waals surface area contributed by atoms with Crippen LogP contribution >= 0.6 is 11.3 Å². The number of aryl methyl sites for hydroxylation is 1. The number of nitrogens with zero attached hydrogens (tertiary/aromatic N) is 4. The van der Waals surface area contributed by atoms with Crippen LogP contribution in [0.5, 0.6) is 0 Å². The third-order valence-corrected chi connectivity index (χ3v) is 5.34. The zero-order chi connectivity index (χ0) is 16.4. The lowest BCUT2D eigenvalue weighted by molar-refractivity contribution is 0.0709. The molecular formula is C17H24N4OS. The Kier molecular flexibility index (Phi) is 4.80. The van der Waals surface area contributed by atoms with Gasteiger partial charge in [0, 0.05) is 44.4 Å². The Hall–Kier alpha value is -1.69. The predicted molar refractivity (Wildman–Crippen MR) is 91.7 cm³/mol. The lowest BCUT2D eigenvalue weighted by atomic mass is 9.94. The standard InChI is InChI=1S/C17H24N4OS/c1-12(2)9-16-18-10-15(23-16)17(22)21-8-4-5-13(11-21)14-6-7-19-20(14)3/h6-7,10,12-13H,4-5,8-9,11H2,1-3H3. The molecule has 23 heavy (non-hydrogen) atoms. The largest absolute Gasteiger partial charge is 0.337 e. The van der Waals surface area contributed by atoms with Crippen LogP contribution in [0.25, 0.3) is 0 Å². The van der Waals surface area contributed by atoms with Crippen molar-refractivity contribution < 1.29 is 4.79 Å². The molecule has 3 heterocycles. The summed E-state index contributed by atoms with van der Waals surface area (Å²) in [6.45, 7) is 5.96. The van der Waals surface area contributed by atoms with Crippen molar-refractivity contribution in [2.45, 2.75) is 39.0 Å². The minimum atomic E-state index is 0.129. The summed E-state index contributed by atoms with van der Waals surface area (Å²) in [6, 6.07) is 2.06. The predicted octanol–water partition coefficient (Wildman–Crippen LogP) is 3.09. The van der Waals surface area contributed by atoms with Gasteiger partial charge in [-0.05, 0) is 24.8 Å². The van der Waals surface area contributed by atoms with Gasteiger partial charge in [-0.2, -0.15) is 5.10 Å². The SMILES string of the molecule is CC(C)Cc1ncc(C(=O)N2CCCC(c3ccnn3C)C2)s1. The van der Waals surface area contributed by atoms with Crippen LogP contribution in [0.3, 0.4) is 0 Å². The minimum Gasteiger partial charge on any atom is -0.337 e. The van der Waals surface area contributed by atoms with Crippen molar-refractivity contribution in [2.75, 3.05) is 13.1 Å². The number of likely N-dealkylation sites (tertiary alicyclic amines) is 1. The molecule has 1 amide bonds. The first-order valence-corrected chi connectivity index (χ1v) is 9.08. The third kappa shape index (κ3) is 3.63. The van der Waals surface area contributed by atoms with E-state index in [1.165, 1.54) is 5.69 Å². The fourth-order valence-electron chi connectivity index (χ4n) is 3.20. The van der Waals surface area contributed by atoms with Gasteiger partial charge >= 0.3 is 0 Å². The van der Waals surface area contributed by atoms with E-state index in [4.69, 9.17) is 0 Å². The van der Waals surface area contributed by atoms with E-state index in [9.17, 15) is 4.79 Å². The minimum absolute atomic E-state index is 0.129. The summed E-state index contributed by atoms with van der Waals surface area (Å²) in [6.07, 6.45) is 6.68. The molecule has 1 atom stereocenters. The van der Waals surface area contributed by atoms with Gasteiger partial charge in [0.1, 0.15) is 4.88 Å². The Bertz CT molecular complexity index is 676. The van der Waals surface area contributed by atoms with E-state index in [0.717, 1.165) is 42.2 Å². The first-order chi connectivity index (χ1) is 11.0. The molecule has 0 bridgehead atoms. The summed E-state index contributed by atoms with van der Waals surface area (Å²) in [4.78, 5) is 19.9. The van der Waals surface area contributed by atoms with E-state index in [-0.39, 0.29) is 5.91 Å². The lowest BCUT2D eigenvalue weighted by Gasteiger charge is -2.32. The number of rotatable bonds is 4. The second-order valence-electron chi connectivity index (χ2n) is 6.69. The molecule has 1 saturated heterocycles. The summed E-state index contributed by atoms with van der Waals surface area (Å²) in [5, 5.41) is 5.31. The number of thiazole rings is 1. The number of amides is 1. The van der Waals surface area contributed by atoms with Gasteiger partial charge in [-0.1, -0.05) is 13.8 Å². The highest BCUT2D eigenvalue weighted by atomic mass is 32.1. The topological polar surface area (TPSA) is 51.0 Å². The summed E-state index contributed by atoms with van der Waals surface area (Å²) < 4.78 is 1.92. The molecule has 6 heteroatoms. The highest BCUT2D eigenvalue weighted by molar-refractivity contribution is 7.13. The zero-order valence-corrected chi connectivity index (χ0v) is 14.8. The zero-order valence-electron chi connectivity index (χ0n) is 14.0. The monoisotopic (exact) mass is 332 g/mol. The molecule has 124 valence electrons. The first-order valence-electron chi connectivity index (χ1n) is 8.26. The fourth-order valence-corrected chi connectivity index (χ4v) is 4.29. The molecule has 0 N–H and O–H groups in total. The highest BCUT2D eigenvalue weighted by Crippen LogP contribution is 2.28. The molecule has 0 aliphatic carbocycles. The average molecular weight is 332 g/mol. The van der Waals surface area contributed by atoms with E-state index in [2.05, 4.69) is 30.0 Å². The number of hydrogen-bond acceptors (Lipinski definition) is 4. The Morgan fingerprint density at radius 3 is 3.00 bits per heavy atom. The van der Waals surface area contributed by atoms with Gasteiger partial charge in [0.05, 0.1) is 11.2 Å². The second-order valence-corrected chi connectivity index (χ2v) is 7.80. The maximum absolute atomic E-state index is 12.8. The van der Waals surface area contributed by atoms with Crippen LogP contribution in [-0.2, 0) is 13.5 Å². The van der Waals surface area contributed by atoms with Crippen molar-refractivity contribution in [3.63, 3.8) is 0 Å². The van der Waals surface area contributed by atoms with Crippen LogP contribution in [0.2, 0.25) is 0 Å². The average Bonchev–Trinajstić information content (AvgIpc) is 3.15. The van der Waals surface area contributed by atoms with E-state index >= 15 is 0 Å². The number of carbonyl (C=O) groups is 1. The normalized spacial score (nSPS) is 18.6. The molecule has 0 radical (unpaired) electrons. The summed E-state index contributed by atoms with van der Waals surface area (Å²) in [7, 11) is 1.97. The molecule has 2 aromatic rings. The maximum atomic E-state index is 12.8. The first kappa shape index (κ1) is 16.2. The van der Waals surface area contributed by atoms with Crippen molar-refractivity contribution in [3.8, 4) is 0 Å². The molecule has 0 saturated carbocycles. The Morgan fingerprint density at radius 2 is 2.30 bits per heavy atom. The second kappa shape index (κ2) is 6.83. The van der Waals surface area contributed by atoms with E-state index in [0.29, 0.717) is 11.8 Å². The molecule has 1 aliphatic heterocycles. The van der Waals surface area contributed by atoms with Crippen molar-refractivity contribution in [3.05, 3.63) is 34.0 Å². The van der Waals surface area contributed by atoms with Crippen molar-refractivity contribution in [1.82, 2.24) is 19.7 Å². The number of carbonyl (C=O) groups excluding carboxylic acids is 1. The van der Waals surface area contributed by atoms with Crippen molar-refractivity contribution >= 4 is 17.2 Å². The molecular weight excluding hydrogens is 308 g/mol. The molecule has 1 fully saturated rings. The van der Waals surface area contributed by atoms with Gasteiger partial charge in [0.2, 0.25) is 0 Å². The van der Waals surface area contributed by atoms with Crippen LogP contribution in [0.15, 0.2) is 18.5 Å². The van der Waals surface area contributed by atoms with Crippen molar-refractivity contribution in [2.24, 2.45) is 13.0 Å². The molecule has 2 aromatic heterocycles. The Balaban J connectivity index is 1.69. The summed E-state index contributed by atoms with van der Waals surface area (Å²) >= 11 is 1.54.